The Balaban J connectivity index is 0.00000270. The molecule has 13 rings (SSSR count). The molecule has 9 heterocycles. The second-order valence-corrected chi connectivity index (χ2v) is 21.3. The molecule has 4 aromatic carbocycles. The molecule has 0 aliphatic carbocycles. The molecule has 2 aliphatic rings. The Kier molecular flexibility index (Phi) is 20.9. The molecular weight excluding hydrogens is 1740 g/mol. The average molecular weight is 1780 g/mol. The van der Waals surface area contributed by atoms with Gasteiger partial charge in [0.05, 0.1) is 45.0 Å². The molecule has 0 atom stereocenters. The van der Waals surface area contributed by atoms with Crippen molar-refractivity contribution in [3.63, 3.8) is 0 Å². The van der Waals surface area contributed by atoms with Gasteiger partial charge in [-0.2, -0.15) is 0 Å². The van der Waals surface area contributed by atoms with Crippen molar-refractivity contribution in [3.8, 4) is 89.5 Å². The lowest BCUT2D eigenvalue weighted by Gasteiger charge is -2.14. The van der Waals surface area contributed by atoms with Gasteiger partial charge in [0.15, 0.2) is 118 Å². The Morgan fingerprint density at radius 1 is 0.229 bits per heavy atom. The number of benzene rings is 4. The molecular formula is C68H38F16I4N8. The van der Waals surface area contributed by atoms with Crippen LogP contribution in [0.2, 0.25) is 0 Å². The number of hydrogen-bond donors (Lipinski definition) is 2. The molecule has 28 heteroatoms. The summed E-state index contributed by atoms with van der Waals surface area (Å²) in [6.45, 7) is 0. The predicted octanol–water partition coefficient (Wildman–Crippen LogP) is 3.53. The third-order valence-corrected chi connectivity index (χ3v) is 16.1. The molecule has 490 valence electrons. The summed E-state index contributed by atoms with van der Waals surface area (Å²) in [5.74, 6) is -32.9. The number of aromatic amines is 2. The van der Waals surface area contributed by atoms with Crippen LogP contribution in [0.15, 0.2) is 122 Å². The molecule has 0 saturated carbocycles. The van der Waals surface area contributed by atoms with Crippen molar-refractivity contribution in [1.82, 2.24) is 19.9 Å². The van der Waals surface area contributed by atoms with Crippen molar-refractivity contribution >= 4 is 46.4 Å². The van der Waals surface area contributed by atoms with Crippen LogP contribution in [0.25, 0.3) is 136 Å². The molecule has 2 aliphatic heterocycles. The maximum atomic E-state index is 17.4. The summed E-state index contributed by atoms with van der Waals surface area (Å²) in [6, 6.07) is 19.0. The normalized spacial score (nSPS) is 11.5. The van der Waals surface area contributed by atoms with Crippen LogP contribution in [0.3, 0.4) is 0 Å². The third-order valence-electron chi connectivity index (χ3n) is 16.1. The summed E-state index contributed by atoms with van der Waals surface area (Å²) >= 11 is 0. The third kappa shape index (κ3) is 11.5. The maximum Gasteiger partial charge on any atom is 0.218 e. The van der Waals surface area contributed by atoms with Gasteiger partial charge in [-0.15, -0.1) is 0 Å². The van der Waals surface area contributed by atoms with Crippen LogP contribution in [-0.4, -0.2) is 19.9 Å². The summed E-state index contributed by atoms with van der Waals surface area (Å²) in [5.41, 5.74) is -22.7. The number of halogens is 20. The lowest BCUT2D eigenvalue weighted by Crippen LogP contribution is -3.00. The van der Waals surface area contributed by atoms with Crippen LogP contribution in [0.5, 0.6) is 0 Å². The van der Waals surface area contributed by atoms with Crippen LogP contribution < -0.4 is 114 Å². The highest BCUT2D eigenvalue weighted by atomic mass is 127. The van der Waals surface area contributed by atoms with E-state index in [2.05, 4.69) is 19.9 Å². The minimum absolute atomic E-state index is 0. The van der Waals surface area contributed by atoms with Crippen LogP contribution in [0.4, 0.5) is 70.2 Å². The van der Waals surface area contributed by atoms with Gasteiger partial charge in [-0.3, -0.25) is 0 Å². The van der Waals surface area contributed by atoms with E-state index in [1.54, 1.807) is 0 Å². The fourth-order valence-corrected chi connectivity index (χ4v) is 11.7. The number of fused-ring (bicyclic) bond motifs is 8. The van der Waals surface area contributed by atoms with E-state index in [-0.39, 0.29) is 119 Å². The number of aryl methyl sites for hydroxylation is 4. The topological polar surface area (TPSA) is 72.9 Å². The van der Waals surface area contributed by atoms with Crippen molar-refractivity contribution in [2.24, 2.45) is 28.2 Å². The Morgan fingerprint density at radius 3 is 0.562 bits per heavy atom. The maximum absolute atomic E-state index is 17.4. The van der Waals surface area contributed by atoms with E-state index in [1.807, 2.05) is 0 Å². The van der Waals surface area contributed by atoms with E-state index >= 15 is 70.2 Å². The van der Waals surface area contributed by atoms with Crippen LogP contribution in [0.1, 0.15) is 22.8 Å². The number of rotatable bonds is 8. The van der Waals surface area contributed by atoms with Crippen LogP contribution >= 0.6 is 0 Å². The quantitative estimate of drug-likeness (QED) is 0.106. The summed E-state index contributed by atoms with van der Waals surface area (Å²) in [4.78, 5) is 14.0. The van der Waals surface area contributed by atoms with Gasteiger partial charge in [0.25, 0.3) is 0 Å². The highest BCUT2D eigenvalue weighted by Gasteiger charge is 2.39. The van der Waals surface area contributed by atoms with Gasteiger partial charge in [0.2, 0.25) is 22.8 Å². The molecule has 0 unspecified atom stereocenters. The first-order chi connectivity index (χ1) is 44.0. The summed E-state index contributed by atoms with van der Waals surface area (Å²) in [5, 5.41) is 0. The fraction of sp³-hybridized carbons (Fsp3) is 0.0588. The van der Waals surface area contributed by atoms with Crippen molar-refractivity contribution in [1.29, 1.82) is 0 Å². The van der Waals surface area contributed by atoms with Gasteiger partial charge in [-0.1, -0.05) is 0 Å². The SMILES string of the molecule is C[n+]1ccccc1-c1c(F)c(F)c(-c2c3nc(c(-c4c(F)c(F)c(-c5cccc[n+]5C)c(F)c4F)c4ccc([nH]4)c(-c4c(F)c(F)c(-c5cccc[n+]5C)c(F)c4F)c4nc(c(-c5c(F)c(F)c(-c6cccc[n+]6C)c(F)c5F)c5ccc2[nH]5)C=C4)C=C3)c(F)c1F.[I-].[I-].[I-].[I-]. The molecule has 0 radical (unpaired) electrons. The first kappa shape index (κ1) is 72.2. The van der Waals surface area contributed by atoms with E-state index in [0.717, 1.165) is 91.1 Å². The molecule has 0 spiro atoms. The summed E-state index contributed by atoms with van der Waals surface area (Å²) < 4.78 is 278. The van der Waals surface area contributed by atoms with Gasteiger partial charge < -0.3 is 106 Å². The fourth-order valence-electron chi connectivity index (χ4n) is 11.7. The summed E-state index contributed by atoms with van der Waals surface area (Å²) in [7, 11) is 5.22. The number of aromatic nitrogens is 8. The minimum atomic E-state index is -2.12. The molecule has 0 saturated heterocycles. The van der Waals surface area contributed by atoms with Crippen LogP contribution in [-0.2, 0) is 28.2 Å². The van der Waals surface area contributed by atoms with E-state index < -0.39 is 205 Å². The number of H-pyrrole nitrogens is 2. The average Bonchev–Trinajstić information content (AvgIpc) is 1.35. The number of hydrogen-bond acceptors (Lipinski definition) is 2. The van der Waals surface area contributed by atoms with Gasteiger partial charge in [-0.25, -0.2) is 98.5 Å². The Hall–Kier alpha value is -8.12. The standard InChI is InChI=1S/C68H37F16N8.4HI/c1-89-25-9-5-13-37(89)45-53(69)61(77)49(62(78)54(45)70)41-29-17-19-31(85-29)42(50-63(79)55(71)46(56(72)64(50)80)38-14-6-10-26-90(38)2)33-21-23-35(87-33)44(52-67(83)59(75)48(60(76)68(52)84)40-16-8-12-28-92(40)4)36-24-22-34(88-36)43(32-20-18-30(41)86-32)51-65(81)57(73)47(58(74)66(51)82)39-15-7-11-27-91(39)3;;;;/h5-28H,1-4H3,(H,85,86,87,88);4*1H/q+3;;;;/p-3. The van der Waals surface area contributed by atoms with Crippen molar-refractivity contribution in [3.05, 3.63) is 238 Å². The Bertz CT molecular complexity index is 4590. The molecule has 2 N–H and O–H groups in total. The van der Waals surface area contributed by atoms with Gasteiger partial charge in [-0.05, 0) is 72.8 Å². The molecule has 11 aromatic rings. The number of nitrogens with zero attached hydrogens (tertiary/aromatic N) is 6. The second-order valence-electron chi connectivity index (χ2n) is 21.3. The summed E-state index contributed by atoms with van der Waals surface area (Å²) in [6.07, 6.45) is 8.66. The lowest BCUT2D eigenvalue weighted by atomic mass is 9.97. The Labute approximate surface area is 601 Å². The van der Waals surface area contributed by atoms with E-state index in [0.29, 0.717) is 0 Å². The Morgan fingerprint density at radius 2 is 0.396 bits per heavy atom. The predicted molar refractivity (Wildman–Crippen MR) is 306 cm³/mol. The van der Waals surface area contributed by atoms with Gasteiger partial charge in [0.1, 0.15) is 50.4 Å². The van der Waals surface area contributed by atoms with Crippen molar-refractivity contribution in [2.45, 2.75) is 0 Å². The van der Waals surface area contributed by atoms with Gasteiger partial charge in [0, 0.05) is 92.9 Å². The highest BCUT2D eigenvalue weighted by molar-refractivity contribution is 6.01. The first-order valence-electron chi connectivity index (χ1n) is 27.4. The zero-order valence-corrected chi connectivity index (χ0v) is 57.7. The largest absolute Gasteiger partial charge is 1.00 e. The van der Waals surface area contributed by atoms with Gasteiger partial charge >= 0.3 is 0 Å². The second kappa shape index (κ2) is 27.8. The number of pyridine rings is 4. The molecule has 0 fully saturated rings. The van der Waals surface area contributed by atoms with E-state index in [1.165, 1.54) is 102 Å². The molecule has 0 amide bonds. The minimum Gasteiger partial charge on any atom is -1.00 e. The monoisotopic (exact) mass is 1780 g/mol. The lowest BCUT2D eigenvalue weighted by molar-refractivity contribution is -0.660. The first-order valence-corrected chi connectivity index (χ1v) is 27.4. The molecule has 96 heavy (non-hydrogen) atoms. The van der Waals surface area contributed by atoms with Crippen molar-refractivity contribution < 1.29 is 184 Å². The number of nitrogens with one attached hydrogen (secondary N) is 2. The van der Waals surface area contributed by atoms with Crippen LogP contribution in [0, 0.1) is 93.1 Å². The highest BCUT2D eigenvalue weighted by Crippen LogP contribution is 2.47. The zero-order valence-electron chi connectivity index (χ0n) is 49.1. The van der Waals surface area contributed by atoms with E-state index in [4.69, 9.17) is 0 Å². The molecule has 8 nitrogen and oxygen atoms in total. The smallest absolute Gasteiger partial charge is 0.218 e. The van der Waals surface area contributed by atoms with E-state index in [9.17, 15) is 0 Å². The molecule has 7 aromatic heterocycles. The zero-order chi connectivity index (χ0) is 65.2. The van der Waals surface area contributed by atoms with Crippen molar-refractivity contribution in [2.75, 3.05) is 0 Å². The molecule has 8 bridgehead atoms.